The van der Waals surface area contributed by atoms with E-state index in [4.69, 9.17) is 9.47 Å². The highest BCUT2D eigenvalue weighted by Gasteiger charge is 2.34. The number of amides is 2. The zero-order chi connectivity index (χ0) is 22.5. The van der Waals surface area contributed by atoms with Gasteiger partial charge < -0.3 is 14.8 Å². The van der Waals surface area contributed by atoms with E-state index >= 15 is 0 Å². The van der Waals surface area contributed by atoms with Gasteiger partial charge in [-0.2, -0.15) is 5.10 Å². The predicted octanol–water partition coefficient (Wildman–Crippen LogP) is 4.79. The second-order valence-corrected chi connectivity index (χ2v) is 8.77. The number of aromatic nitrogens is 2. The molecule has 0 aliphatic heterocycles. The molecule has 1 aromatic heterocycles. The Morgan fingerprint density at radius 2 is 1.93 bits per heavy atom. The minimum absolute atomic E-state index is 0.109. The van der Waals surface area contributed by atoms with Gasteiger partial charge in [0.2, 0.25) is 0 Å². The van der Waals surface area contributed by atoms with Crippen LogP contribution in [0, 0.1) is 5.82 Å². The fourth-order valence-electron chi connectivity index (χ4n) is 2.78. The van der Waals surface area contributed by atoms with Crippen molar-refractivity contribution in [3.05, 3.63) is 46.4 Å². The topological polar surface area (TPSA) is 94.5 Å². The normalized spacial score (nSPS) is 13.3. The van der Waals surface area contributed by atoms with E-state index < -0.39 is 29.1 Å². The van der Waals surface area contributed by atoms with E-state index in [-0.39, 0.29) is 18.7 Å². The van der Waals surface area contributed by atoms with Gasteiger partial charge in [0.1, 0.15) is 11.4 Å². The molecule has 0 spiro atoms. The van der Waals surface area contributed by atoms with Gasteiger partial charge in [0.25, 0.3) is 0 Å². The van der Waals surface area contributed by atoms with Crippen LogP contribution in [0.25, 0.3) is 0 Å². The van der Waals surface area contributed by atoms with Gasteiger partial charge in [-0.15, -0.1) is 0 Å². The van der Waals surface area contributed by atoms with Gasteiger partial charge in [0.15, 0.2) is 0 Å². The molecule has 0 saturated heterocycles. The van der Waals surface area contributed by atoms with E-state index in [0.29, 0.717) is 5.69 Å². The number of hydrogen-bond acceptors (Lipinski definition) is 5. The Morgan fingerprint density at radius 3 is 2.50 bits per heavy atom. The largest absolute Gasteiger partial charge is 0.450 e. The average Bonchev–Trinajstić information content (AvgIpc) is 2.99. The summed E-state index contributed by atoms with van der Waals surface area (Å²) >= 11 is 3.32. The molecule has 1 heterocycles. The molecule has 1 unspecified atom stereocenters. The summed E-state index contributed by atoms with van der Waals surface area (Å²) in [6.45, 7) is 8.85. The lowest BCUT2D eigenvalue weighted by Gasteiger charge is -2.33. The molecule has 1 aromatic carbocycles. The molecule has 30 heavy (non-hydrogen) atoms. The summed E-state index contributed by atoms with van der Waals surface area (Å²) in [4.78, 5) is 24.3. The molecule has 10 heteroatoms. The Labute approximate surface area is 183 Å². The third-order valence-electron chi connectivity index (χ3n) is 3.94. The van der Waals surface area contributed by atoms with Crippen molar-refractivity contribution >= 4 is 33.8 Å². The monoisotopic (exact) mass is 484 g/mol. The van der Waals surface area contributed by atoms with Crippen LogP contribution in [-0.4, -0.2) is 34.2 Å². The minimum Gasteiger partial charge on any atom is -0.450 e. The smallest absolute Gasteiger partial charge is 0.411 e. The highest BCUT2D eigenvalue weighted by Crippen LogP contribution is 2.29. The third kappa shape index (κ3) is 6.72. The Bertz CT molecular complexity index is 912. The Kier molecular flexibility index (Phi) is 7.46. The molecule has 2 amide bonds. The molecule has 0 radical (unpaired) electrons. The van der Waals surface area contributed by atoms with Crippen molar-refractivity contribution in [2.45, 2.75) is 52.3 Å². The molecule has 1 atom stereocenters. The van der Waals surface area contributed by atoms with Crippen LogP contribution in [0.3, 0.4) is 0 Å². The summed E-state index contributed by atoms with van der Waals surface area (Å²) in [5.74, 6) is -0.561. The Balaban J connectivity index is 2.42. The lowest BCUT2D eigenvalue weighted by molar-refractivity contribution is 0.0446. The SMILES string of the molecule is CCOC(=O)Nc1ccc(F)c(C(C)(Cn2cc(Br)cn2)NC(=O)OC(C)(C)C)c1. The van der Waals surface area contributed by atoms with E-state index in [0.717, 1.165) is 4.47 Å². The number of rotatable bonds is 6. The van der Waals surface area contributed by atoms with Crippen molar-refractivity contribution in [3.8, 4) is 0 Å². The van der Waals surface area contributed by atoms with Gasteiger partial charge in [-0.25, -0.2) is 14.0 Å². The maximum atomic E-state index is 14.9. The number of alkyl carbamates (subject to hydrolysis) is 1. The van der Waals surface area contributed by atoms with E-state index in [2.05, 4.69) is 31.7 Å². The lowest BCUT2D eigenvalue weighted by Crippen LogP contribution is -2.49. The number of anilines is 1. The zero-order valence-corrected chi connectivity index (χ0v) is 19.2. The number of halogens is 2. The van der Waals surface area contributed by atoms with Gasteiger partial charge >= 0.3 is 12.2 Å². The second-order valence-electron chi connectivity index (χ2n) is 7.86. The molecule has 2 rings (SSSR count). The van der Waals surface area contributed by atoms with E-state index in [9.17, 15) is 14.0 Å². The minimum atomic E-state index is -1.25. The maximum absolute atomic E-state index is 14.9. The fraction of sp³-hybridized carbons (Fsp3) is 0.450. The fourth-order valence-corrected chi connectivity index (χ4v) is 3.11. The summed E-state index contributed by atoms with van der Waals surface area (Å²) in [7, 11) is 0. The Hall–Kier alpha value is -2.62. The number of carbonyl (C=O) groups is 2. The molecule has 8 nitrogen and oxygen atoms in total. The van der Waals surface area contributed by atoms with E-state index in [1.165, 1.54) is 18.2 Å². The molecule has 0 saturated carbocycles. The molecule has 0 bridgehead atoms. The van der Waals surface area contributed by atoms with Crippen molar-refractivity contribution in [1.29, 1.82) is 0 Å². The lowest BCUT2D eigenvalue weighted by atomic mass is 9.91. The maximum Gasteiger partial charge on any atom is 0.411 e. The first-order valence-electron chi connectivity index (χ1n) is 9.35. The van der Waals surface area contributed by atoms with Crippen LogP contribution in [0.2, 0.25) is 0 Å². The first-order valence-corrected chi connectivity index (χ1v) is 10.1. The van der Waals surface area contributed by atoms with Crippen molar-refractivity contribution in [2.75, 3.05) is 11.9 Å². The average molecular weight is 485 g/mol. The molecule has 2 aromatic rings. The molecular weight excluding hydrogens is 459 g/mol. The van der Waals surface area contributed by atoms with E-state index in [1.807, 2.05) is 0 Å². The van der Waals surface area contributed by atoms with Crippen molar-refractivity contribution in [3.63, 3.8) is 0 Å². The number of benzene rings is 1. The van der Waals surface area contributed by atoms with Crippen molar-refractivity contribution in [1.82, 2.24) is 15.1 Å². The van der Waals surface area contributed by atoms with Crippen LogP contribution >= 0.6 is 15.9 Å². The summed E-state index contributed by atoms with van der Waals surface area (Å²) in [6.07, 6.45) is 1.92. The van der Waals surface area contributed by atoms with Crippen LogP contribution in [0.4, 0.5) is 19.7 Å². The van der Waals surface area contributed by atoms with Crippen LogP contribution in [0.1, 0.15) is 40.2 Å². The molecule has 0 aliphatic carbocycles. The van der Waals surface area contributed by atoms with E-state index in [1.54, 1.807) is 51.7 Å². The van der Waals surface area contributed by atoms with Crippen molar-refractivity contribution < 1.29 is 23.5 Å². The highest BCUT2D eigenvalue weighted by atomic mass is 79.9. The van der Waals surface area contributed by atoms with Crippen LogP contribution in [-0.2, 0) is 21.6 Å². The van der Waals surface area contributed by atoms with Gasteiger partial charge in [-0.1, -0.05) is 0 Å². The predicted molar refractivity (Wildman–Crippen MR) is 114 cm³/mol. The number of ether oxygens (including phenoxy) is 2. The van der Waals surface area contributed by atoms with Crippen LogP contribution in [0.5, 0.6) is 0 Å². The number of nitrogens with zero attached hydrogens (tertiary/aromatic N) is 2. The van der Waals surface area contributed by atoms with Crippen molar-refractivity contribution in [2.24, 2.45) is 0 Å². The third-order valence-corrected chi connectivity index (χ3v) is 4.35. The summed E-state index contributed by atoms with van der Waals surface area (Å²) in [5.41, 5.74) is -1.51. The molecule has 2 N–H and O–H groups in total. The molecular formula is C20H26BrFN4O4. The van der Waals surface area contributed by atoms with Crippen LogP contribution in [0.15, 0.2) is 35.1 Å². The zero-order valence-electron chi connectivity index (χ0n) is 17.6. The summed E-state index contributed by atoms with van der Waals surface area (Å²) < 4.78 is 27.4. The summed E-state index contributed by atoms with van der Waals surface area (Å²) in [6, 6.07) is 4.07. The molecule has 0 fully saturated rings. The number of hydrogen-bond donors (Lipinski definition) is 2. The van der Waals surface area contributed by atoms with Crippen LogP contribution < -0.4 is 10.6 Å². The first-order chi connectivity index (χ1) is 13.9. The second kappa shape index (κ2) is 9.46. The summed E-state index contributed by atoms with van der Waals surface area (Å²) in [5, 5.41) is 9.49. The van der Waals surface area contributed by atoms with Gasteiger partial charge in [0.05, 0.1) is 29.4 Å². The van der Waals surface area contributed by atoms with Gasteiger partial charge in [-0.3, -0.25) is 10.00 Å². The van der Waals surface area contributed by atoms with Gasteiger partial charge in [-0.05, 0) is 68.7 Å². The quantitative estimate of drug-likeness (QED) is 0.614. The molecule has 0 aliphatic rings. The standard InChI is InChI=1S/C20H26BrFN4O4/c1-6-29-17(27)24-14-7-8-16(22)15(9-14)20(5,12-26-11-13(21)10-23-26)25-18(28)30-19(2,3)4/h7-11H,6,12H2,1-5H3,(H,24,27)(H,25,28). The number of nitrogens with one attached hydrogen (secondary N) is 2. The Morgan fingerprint density at radius 1 is 1.23 bits per heavy atom. The van der Waals surface area contributed by atoms with Gasteiger partial charge in [0, 0.05) is 17.4 Å². The first kappa shape index (κ1) is 23.7. The molecule has 164 valence electrons. The highest BCUT2D eigenvalue weighted by molar-refractivity contribution is 9.10. The number of carbonyl (C=O) groups excluding carboxylic acids is 2.